The maximum atomic E-state index is 13.3. The predicted octanol–water partition coefficient (Wildman–Crippen LogP) is -1.29. The van der Waals surface area contributed by atoms with Gasteiger partial charge in [0.15, 0.2) is 0 Å². The molecular formula is C20H23N3O5. The molecule has 2 saturated heterocycles. The number of carbonyl (C=O) groups is 4. The van der Waals surface area contributed by atoms with Crippen LogP contribution in [0.25, 0.3) is 0 Å². The number of unbranched alkanes of at least 4 members (excludes halogenated alkanes) is 1. The van der Waals surface area contributed by atoms with Gasteiger partial charge in [-0.05, 0) is 18.9 Å². The van der Waals surface area contributed by atoms with Gasteiger partial charge in [0.2, 0.25) is 17.4 Å². The molecule has 8 heteroatoms. The molecule has 2 fully saturated rings. The standard InChI is InChI=1S/C20H23N3O5/c1-2-3-10-23-17(26)15-13(8-9-14(24)25)22-20(16(15)18(23)27)11-6-4-5-7-12(11)21-19(20)28/h4-7,13,15-16,22H,2-3,8-10H2,1H3,(H,21,28)(H,24,25)/t13-,15+,16-,20-/m0/s1. The first kappa shape index (κ1) is 18.6. The summed E-state index contributed by atoms with van der Waals surface area (Å²) in [5, 5.41) is 15.6. The van der Waals surface area contributed by atoms with Crippen molar-refractivity contribution in [2.24, 2.45) is 11.8 Å². The van der Waals surface area contributed by atoms with E-state index in [-0.39, 0.29) is 30.6 Å². The summed E-state index contributed by atoms with van der Waals surface area (Å²) in [5.74, 6) is -3.69. The topological polar surface area (TPSA) is 123 Å². The van der Waals surface area contributed by atoms with Gasteiger partial charge in [0.05, 0.1) is 5.69 Å². The zero-order valence-corrected chi connectivity index (χ0v) is 15.6. The van der Waals surface area contributed by atoms with Crippen LogP contribution < -0.4 is 15.7 Å². The average molecular weight is 385 g/mol. The summed E-state index contributed by atoms with van der Waals surface area (Å²) < 4.78 is 0. The largest absolute Gasteiger partial charge is 0.550 e. The summed E-state index contributed by atoms with van der Waals surface area (Å²) in [7, 11) is 0. The van der Waals surface area contributed by atoms with Crippen LogP contribution in [-0.4, -0.2) is 41.2 Å². The fraction of sp³-hybridized carbons (Fsp3) is 0.500. The van der Waals surface area contributed by atoms with Gasteiger partial charge in [-0.25, -0.2) is 0 Å². The van der Waals surface area contributed by atoms with Crippen LogP contribution in [0.3, 0.4) is 0 Å². The van der Waals surface area contributed by atoms with Crippen molar-refractivity contribution < 1.29 is 29.6 Å². The van der Waals surface area contributed by atoms with Gasteiger partial charge in [-0.15, -0.1) is 0 Å². The van der Waals surface area contributed by atoms with Crippen molar-refractivity contribution in [1.82, 2.24) is 4.90 Å². The highest BCUT2D eigenvalue weighted by molar-refractivity contribution is 6.13. The molecular weight excluding hydrogens is 362 g/mol. The molecule has 28 heavy (non-hydrogen) atoms. The van der Waals surface area contributed by atoms with Gasteiger partial charge in [0.25, 0.3) is 5.91 Å². The van der Waals surface area contributed by atoms with E-state index in [1.807, 2.05) is 6.92 Å². The lowest BCUT2D eigenvalue weighted by Crippen LogP contribution is -2.99. The van der Waals surface area contributed by atoms with Crippen molar-refractivity contribution >= 4 is 29.4 Å². The van der Waals surface area contributed by atoms with Crippen LogP contribution in [0.2, 0.25) is 0 Å². The molecule has 0 bridgehead atoms. The van der Waals surface area contributed by atoms with E-state index in [2.05, 4.69) is 5.32 Å². The zero-order chi connectivity index (χ0) is 20.1. The highest BCUT2D eigenvalue weighted by Crippen LogP contribution is 2.49. The number of carboxylic acid groups (broad SMARTS) is 1. The van der Waals surface area contributed by atoms with Crippen molar-refractivity contribution in [2.75, 3.05) is 11.9 Å². The third kappa shape index (κ3) is 2.47. The van der Waals surface area contributed by atoms with Crippen molar-refractivity contribution in [1.29, 1.82) is 0 Å². The fourth-order valence-electron chi connectivity index (χ4n) is 5.07. The van der Waals surface area contributed by atoms with Gasteiger partial charge in [-0.1, -0.05) is 31.5 Å². The number of para-hydroxylation sites is 1. The highest BCUT2D eigenvalue weighted by Gasteiger charge is 2.73. The lowest BCUT2D eigenvalue weighted by Gasteiger charge is -2.26. The van der Waals surface area contributed by atoms with Crippen molar-refractivity contribution in [3.05, 3.63) is 29.8 Å². The molecule has 3 aliphatic rings. The minimum absolute atomic E-state index is 0.168. The Kier molecular flexibility index (Phi) is 4.45. The number of amides is 3. The Morgan fingerprint density at radius 3 is 2.71 bits per heavy atom. The molecule has 148 valence electrons. The Morgan fingerprint density at radius 1 is 1.25 bits per heavy atom. The molecule has 3 aliphatic heterocycles. The molecule has 3 amide bonds. The Bertz CT molecular complexity index is 869. The van der Waals surface area contributed by atoms with E-state index in [9.17, 15) is 24.3 Å². The highest BCUT2D eigenvalue weighted by atomic mass is 16.4. The number of carboxylic acids is 1. The summed E-state index contributed by atoms with van der Waals surface area (Å²) in [5.41, 5.74) is 0.0886. The smallest absolute Gasteiger partial charge is 0.291 e. The number of aliphatic carboxylic acids is 1. The second-order valence-corrected chi connectivity index (χ2v) is 7.80. The molecule has 0 aliphatic carbocycles. The van der Waals surface area contributed by atoms with E-state index in [0.29, 0.717) is 24.2 Å². The summed E-state index contributed by atoms with van der Waals surface area (Å²) in [6, 6.07) is 6.70. The van der Waals surface area contributed by atoms with Crippen molar-refractivity contribution in [3.8, 4) is 0 Å². The summed E-state index contributed by atoms with van der Waals surface area (Å²) in [6.07, 6.45) is 1.47. The first-order valence-corrected chi connectivity index (χ1v) is 9.74. The van der Waals surface area contributed by atoms with E-state index in [0.717, 1.165) is 6.42 Å². The van der Waals surface area contributed by atoms with Crippen LogP contribution in [0.5, 0.6) is 0 Å². The number of imide groups is 1. The molecule has 1 spiro atoms. The fourth-order valence-corrected chi connectivity index (χ4v) is 5.07. The normalized spacial score (nSPS) is 30.7. The first-order valence-electron chi connectivity index (χ1n) is 9.74. The predicted molar refractivity (Wildman–Crippen MR) is 95.3 cm³/mol. The molecule has 4 atom stereocenters. The summed E-state index contributed by atoms with van der Waals surface area (Å²) in [6.45, 7) is 2.30. The van der Waals surface area contributed by atoms with Crippen LogP contribution in [0.4, 0.5) is 5.69 Å². The monoisotopic (exact) mass is 385 g/mol. The minimum Gasteiger partial charge on any atom is -0.550 e. The second kappa shape index (κ2) is 6.70. The van der Waals surface area contributed by atoms with E-state index < -0.39 is 29.4 Å². The van der Waals surface area contributed by atoms with E-state index >= 15 is 0 Å². The molecule has 4 rings (SSSR count). The number of hydrogen-bond acceptors (Lipinski definition) is 5. The van der Waals surface area contributed by atoms with Crippen molar-refractivity contribution in [2.45, 2.75) is 44.2 Å². The lowest BCUT2D eigenvalue weighted by atomic mass is 9.76. The number of quaternary nitrogens is 1. The van der Waals surface area contributed by atoms with Crippen LogP contribution >= 0.6 is 0 Å². The van der Waals surface area contributed by atoms with Gasteiger partial charge in [0, 0.05) is 24.5 Å². The number of benzene rings is 1. The SMILES string of the molecule is CCCCN1C(=O)[C@@H]2[C@H](CCC(=O)[O-])[NH2+][C@]3(C(=O)Nc4ccccc43)[C@@H]2C1=O. The second-order valence-electron chi connectivity index (χ2n) is 7.80. The molecule has 1 aromatic carbocycles. The molecule has 1 aromatic rings. The first-order chi connectivity index (χ1) is 13.4. The maximum Gasteiger partial charge on any atom is 0.291 e. The van der Waals surface area contributed by atoms with Crippen LogP contribution in [0.1, 0.15) is 38.2 Å². The number of hydrogen-bond donors (Lipinski definition) is 2. The molecule has 0 aromatic heterocycles. The number of fused-ring (bicyclic) bond motifs is 4. The summed E-state index contributed by atoms with van der Waals surface area (Å²) in [4.78, 5) is 51.8. The van der Waals surface area contributed by atoms with Crippen LogP contribution in [0.15, 0.2) is 24.3 Å². The maximum absolute atomic E-state index is 13.3. The van der Waals surface area contributed by atoms with Gasteiger partial charge < -0.3 is 20.5 Å². The molecule has 0 radical (unpaired) electrons. The Balaban J connectivity index is 1.79. The number of rotatable bonds is 6. The zero-order valence-electron chi connectivity index (χ0n) is 15.6. The van der Waals surface area contributed by atoms with Gasteiger partial charge in [-0.3, -0.25) is 19.3 Å². The third-order valence-corrected chi connectivity index (χ3v) is 6.28. The van der Waals surface area contributed by atoms with Crippen LogP contribution in [-0.2, 0) is 24.7 Å². The Hall–Kier alpha value is -2.74. The van der Waals surface area contributed by atoms with Gasteiger partial charge in [-0.2, -0.15) is 0 Å². The molecule has 3 heterocycles. The number of nitrogens with one attached hydrogen (secondary N) is 1. The molecule has 3 N–H and O–H groups in total. The van der Waals surface area contributed by atoms with E-state index in [1.54, 1.807) is 29.6 Å². The van der Waals surface area contributed by atoms with E-state index in [4.69, 9.17) is 0 Å². The minimum atomic E-state index is -1.23. The molecule has 0 unspecified atom stereocenters. The van der Waals surface area contributed by atoms with Crippen molar-refractivity contribution in [3.63, 3.8) is 0 Å². The molecule has 0 saturated carbocycles. The number of nitrogens with two attached hydrogens (primary N) is 1. The number of nitrogens with zero attached hydrogens (tertiary/aromatic N) is 1. The average Bonchev–Trinajstić information content (AvgIpc) is 3.24. The Morgan fingerprint density at radius 2 is 2.00 bits per heavy atom. The Labute approximate surface area is 162 Å². The third-order valence-electron chi connectivity index (χ3n) is 6.28. The van der Waals surface area contributed by atoms with Crippen LogP contribution in [0, 0.1) is 11.8 Å². The van der Waals surface area contributed by atoms with Gasteiger partial charge >= 0.3 is 0 Å². The number of anilines is 1. The number of likely N-dealkylation sites (tertiary alicyclic amines) is 1. The lowest BCUT2D eigenvalue weighted by molar-refractivity contribution is -0.734. The summed E-state index contributed by atoms with van der Waals surface area (Å²) >= 11 is 0. The van der Waals surface area contributed by atoms with Gasteiger partial charge in [0.1, 0.15) is 17.9 Å². The molecule has 8 nitrogen and oxygen atoms in total. The number of carbonyl (C=O) groups excluding carboxylic acids is 4. The quantitative estimate of drug-likeness (QED) is 0.590. The van der Waals surface area contributed by atoms with E-state index in [1.165, 1.54) is 4.90 Å².